The topological polar surface area (TPSA) is 40.5 Å². The minimum absolute atomic E-state index is 0.140. The molecule has 14 heavy (non-hydrogen) atoms. The van der Waals surface area contributed by atoms with E-state index in [0.717, 1.165) is 19.4 Å². The van der Waals surface area contributed by atoms with Gasteiger partial charge in [-0.3, -0.25) is 4.79 Å². The number of carbonyl (C=O) groups is 1. The third-order valence-electron chi connectivity index (χ3n) is 3.87. The Morgan fingerprint density at radius 1 is 1.50 bits per heavy atom. The number of carboxylic acids is 1. The third-order valence-corrected chi connectivity index (χ3v) is 3.87. The Bertz CT molecular complexity index is 235. The van der Waals surface area contributed by atoms with Crippen molar-refractivity contribution in [2.24, 2.45) is 5.41 Å². The zero-order valence-electron chi connectivity index (χ0n) is 8.83. The van der Waals surface area contributed by atoms with Gasteiger partial charge in [-0.2, -0.15) is 0 Å². The van der Waals surface area contributed by atoms with Crippen LogP contribution in [-0.4, -0.2) is 35.6 Å². The van der Waals surface area contributed by atoms with Gasteiger partial charge >= 0.3 is 5.97 Å². The number of hydrogen-bond donors (Lipinski definition) is 1. The van der Waals surface area contributed by atoms with Crippen LogP contribution in [0.5, 0.6) is 0 Å². The van der Waals surface area contributed by atoms with Crippen LogP contribution in [0.2, 0.25) is 0 Å². The van der Waals surface area contributed by atoms with E-state index in [4.69, 9.17) is 5.11 Å². The summed E-state index contributed by atoms with van der Waals surface area (Å²) in [7, 11) is 2.14. The SMILES string of the molecule is CN1CCCCC1C1(CC(=O)O)CC1. The van der Waals surface area contributed by atoms with E-state index in [1.165, 1.54) is 19.3 Å². The van der Waals surface area contributed by atoms with Gasteiger partial charge < -0.3 is 10.0 Å². The van der Waals surface area contributed by atoms with Gasteiger partial charge in [-0.05, 0) is 44.7 Å². The minimum Gasteiger partial charge on any atom is -0.481 e. The van der Waals surface area contributed by atoms with Gasteiger partial charge in [0.2, 0.25) is 0 Å². The highest BCUT2D eigenvalue weighted by Gasteiger charge is 2.52. The van der Waals surface area contributed by atoms with Crippen LogP contribution in [0.15, 0.2) is 0 Å². The summed E-state index contributed by atoms with van der Waals surface area (Å²) in [5, 5.41) is 8.89. The van der Waals surface area contributed by atoms with Crippen molar-refractivity contribution in [1.82, 2.24) is 4.90 Å². The van der Waals surface area contributed by atoms with Crippen molar-refractivity contribution < 1.29 is 9.90 Å². The number of carboxylic acid groups (broad SMARTS) is 1. The van der Waals surface area contributed by atoms with E-state index < -0.39 is 5.97 Å². The Morgan fingerprint density at radius 2 is 2.21 bits per heavy atom. The van der Waals surface area contributed by atoms with E-state index in [1.807, 2.05) is 0 Å². The van der Waals surface area contributed by atoms with Crippen molar-refractivity contribution in [3.8, 4) is 0 Å². The van der Waals surface area contributed by atoms with Crippen molar-refractivity contribution in [3.05, 3.63) is 0 Å². The van der Waals surface area contributed by atoms with Gasteiger partial charge in [0, 0.05) is 6.04 Å². The highest BCUT2D eigenvalue weighted by atomic mass is 16.4. The molecule has 1 aliphatic heterocycles. The molecule has 2 aliphatic rings. The molecule has 0 aromatic rings. The maximum absolute atomic E-state index is 10.8. The summed E-state index contributed by atoms with van der Waals surface area (Å²) < 4.78 is 0. The Hall–Kier alpha value is -0.570. The molecule has 0 amide bonds. The molecule has 1 saturated carbocycles. The Balaban J connectivity index is 2.01. The summed E-state index contributed by atoms with van der Waals surface area (Å²) in [6, 6.07) is 0.535. The Kier molecular flexibility index (Phi) is 2.52. The molecule has 1 heterocycles. The number of piperidine rings is 1. The molecular weight excluding hydrogens is 178 g/mol. The molecule has 3 heteroatoms. The first-order chi connectivity index (χ1) is 6.64. The van der Waals surface area contributed by atoms with Crippen LogP contribution in [0.3, 0.4) is 0 Å². The number of nitrogens with zero attached hydrogens (tertiary/aromatic N) is 1. The standard InChI is InChI=1S/C11H19NO2/c1-12-7-3-2-4-9(12)11(5-6-11)8-10(13)14/h9H,2-8H2,1H3,(H,13,14). The lowest BCUT2D eigenvalue weighted by Crippen LogP contribution is -2.43. The smallest absolute Gasteiger partial charge is 0.303 e. The van der Waals surface area contributed by atoms with Crippen LogP contribution >= 0.6 is 0 Å². The average molecular weight is 197 g/mol. The average Bonchev–Trinajstić information content (AvgIpc) is 2.85. The van der Waals surface area contributed by atoms with Gasteiger partial charge in [0.15, 0.2) is 0 Å². The molecule has 0 aromatic carbocycles. The number of aliphatic carboxylic acids is 1. The fourth-order valence-corrected chi connectivity index (χ4v) is 2.94. The molecule has 1 aliphatic carbocycles. The minimum atomic E-state index is -0.624. The zero-order valence-corrected chi connectivity index (χ0v) is 8.83. The molecule has 3 nitrogen and oxygen atoms in total. The van der Waals surface area contributed by atoms with E-state index in [9.17, 15) is 4.79 Å². The third kappa shape index (κ3) is 1.78. The predicted molar refractivity (Wildman–Crippen MR) is 54.2 cm³/mol. The van der Waals surface area contributed by atoms with Gasteiger partial charge in [-0.15, -0.1) is 0 Å². The first kappa shape index (κ1) is 9.97. The maximum atomic E-state index is 10.8. The van der Waals surface area contributed by atoms with E-state index in [1.54, 1.807) is 0 Å². The number of rotatable bonds is 3. The first-order valence-electron chi connectivity index (χ1n) is 5.56. The number of likely N-dealkylation sites (tertiary alicyclic amines) is 1. The second kappa shape index (κ2) is 3.54. The molecule has 1 unspecified atom stereocenters. The first-order valence-corrected chi connectivity index (χ1v) is 5.56. The molecule has 0 bridgehead atoms. The van der Waals surface area contributed by atoms with E-state index in [-0.39, 0.29) is 5.41 Å². The summed E-state index contributed by atoms with van der Waals surface area (Å²) >= 11 is 0. The van der Waals surface area contributed by atoms with Crippen LogP contribution in [0.1, 0.15) is 38.5 Å². The molecule has 0 aromatic heterocycles. The quantitative estimate of drug-likeness (QED) is 0.749. The fraction of sp³-hybridized carbons (Fsp3) is 0.909. The second-order valence-electron chi connectivity index (χ2n) is 4.93. The molecule has 2 rings (SSSR count). The van der Waals surface area contributed by atoms with Crippen molar-refractivity contribution in [2.45, 2.75) is 44.6 Å². The molecule has 1 N–H and O–H groups in total. The molecule has 1 saturated heterocycles. The summed E-state index contributed by atoms with van der Waals surface area (Å²) in [6.45, 7) is 1.14. The Labute approximate surface area is 85.1 Å². The van der Waals surface area contributed by atoms with E-state index in [2.05, 4.69) is 11.9 Å². The molecule has 1 atom stereocenters. The zero-order chi connectivity index (χ0) is 10.2. The van der Waals surface area contributed by atoms with Gasteiger partial charge in [0.1, 0.15) is 0 Å². The highest BCUT2D eigenvalue weighted by Crippen LogP contribution is 2.55. The summed E-state index contributed by atoms with van der Waals surface area (Å²) in [5.41, 5.74) is 0.140. The van der Waals surface area contributed by atoms with Crippen LogP contribution in [0, 0.1) is 5.41 Å². The van der Waals surface area contributed by atoms with E-state index >= 15 is 0 Å². The molecule has 2 fully saturated rings. The highest BCUT2D eigenvalue weighted by molar-refractivity contribution is 5.68. The second-order valence-corrected chi connectivity index (χ2v) is 4.93. The largest absolute Gasteiger partial charge is 0.481 e. The van der Waals surface area contributed by atoms with Gasteiger partial charge in [-0.1, -0.05) is 6.42 Å². The van der Waals surface area contributed by atoms with Gasteiger partial charge in [0.05, 0.1) is 6.42 Å². The number of hydrogen-bond acceptors (Lipinski definition) is 2. The summed E-state index contributed by atoms with van der Waals surface area (Å²) in [5.74, 6) is -0.624. The summed E-state index contributed by atoms with van der Waals surface area (Å²) in [4.78, 5) is 13.2. The molecular formula is C11H19NO2. The predicted octanol–water partition coefficient (Wildman–Crippen LogP) is 1.73. The Morgan fingerprint density at radius 3 is 2.71 bits per heavy atom. The molecule has 0 radical (unpaired) electrons. The normalized spacial score (nSPS) is 31.4. The van der Waals surface area contributed by atoms with Crippen LogP contribution in [0.4, 0.5) is 0 Å². The van der Waals surface area contributed by atoms with E-state index in [0.29, 0.717) is 12.5 Å². The maximum Gasteiger partial charge on any atom is 0.303 e. The molecule has 0 spiro atoms. The van der Waals surface area contributed by atoms with Crippen molar-refractivity contribution in [1.29, 1.82) is 0 Å². The lowest BCUT2D eigenvalue weighted by molar-refractivity contribution is -0.139. The lowest BCUT2D eigenvalue weighted by Gasteiger charge is -2.38. The van der Waals surface area contributed by atoms with Crippen molar-refractivity contribution >= 4 is 5.97 Å². The van der Waals surface area contributed by atoms with Gasteiger partial charge in [0.25, 0.3) is 0 Å². The lowest BCUT2D eigenvalue weighted by atomic mass is 9.85. The van der Waals surface area contributed by atoms with Crippen LogP contribution < -0.4 is 0 Å². The van der Waals surface area contributed by atoms with Crippen LogP contribution in [0.25, 0.3) is 0 Å². The fourth-order valence-electron chi connectivity index (χ4n) is 2.94. The molecule has 80 valence electrons. The monoisotopic (exact) mass is 197 g/mol. The summed E-state index contributed by atoms with van der Waals surface area (Å²) in [6.07, 6.45) is 6.36. The van der Waals surface area contributed by atoms with Gasteiger partial charge in [-0.25, -0.2) is 0 Å². The van der Waals surface area contributed by atoms with Crippen LogP contribution in [-0.2, 0) is 4.79 Å². The van der Waals surface area contributed by atoms with Crippen molar-refractivity contribution in [2.75, 3.05) is 13.6 Å². The van der Waals surface area contributed by atoms with Crippen molar-refractivity contribution in [3.63, 3.8) is 0 Å².